The highest BCUT2D eigenvalue weighted by atomic mass is 35.5. The zero-order chi connectivity index (χ0) is 34.0. The van der Waals surface area contributed by atoms with E-state index in [1.165, 1.54) is 25.4 Å². The number of benzene rings is 1. The van der Waals surface area contributed by atoms with E-state index in [9.17, 15) is 8.42 Å². The number of fused-ring (bicyclic) bond motifs is 2. The van der Waals surface area contributed by atoms with Gasteiger partial charge in [-0.15, -0.1) is 5.10 Å². The van der Waals surface area contributed by atoms with Crippen LogP contribution >= 0.6 is 11.6 Å². The van der Waals surface area contributed by atoms with Crippen LogP contribution in [0, 0.1) is 0 Å². The van der Waals surface area contributed by atoms with Crippen LogP contribution in [0.1, 0.15) is 51.5 Å². The van der Waals surface area contributed by atoms with Crippen molar-refractivity contribution in [3.8, 4) is 22.8 Å². The third-order valence-electron chi connectivity index (χ3n) is 9.55. The fraction of sp³-hybridized carbons (Fsp3) is 0.545. The molecule has 262 valence electrons. The van der Waals surface area contributed by atoms with Gasteiger partial charge in [-0.25, -0.2) is 28.1 Å². The van der Waals surface area contributed by atoms with Crippen molar-refractivity contribution in [3.05, 3.63) is 54.5 Å². The zero-order valence-corrected chi connectivity index (χ0v) is 29.3. The van der Waals surface area contributed by atoms with Crippen LogP contribution < -0.4 is 14.8 Å². The van der Waals surface area contributed by atoms with E-state index in [-0.39, 0.29) is 24.5 Å². The van der Waals surface area contributed by atoms with Gasteiger partial charge in [0.25, 0.3) is 5.88 Å². The highest BCUT2D eigenvalue weighted by Crippen LogP contribution is 2.39. The van der Waals surface area contributed by atoms with Gasteiger partial charge in [0.2, 0.25) is 5.95 Å². The van der Waals surface area contributed by atoms with E-state index in [0.29, 0.717) is 53.0 Å². The average molecular weight is 712 g/mol. The maximum absolute atomic E-state index is 11.8. The lowest BCUT2D eigenvalue weighted by atomic mass is 9.89. The fourth-order valence-corrected chi connectivity index (χ4v) is 7.75. The molecule has 3 fully saturated rings. The molecule has 14 nitrogen and oxygen atoms in total. The van der Waals surface area contributed by atoms with E-state index in [0.717, 1.165) is 50.0 Å². The Bertz CT molecular complexity index is 1800. The number of anilines is 2. The third-order valence-corrected chi connectivity index (χ3v) is 10.8. The lowest BCUT2D eigenvalue weighted by Crippen LogP contribution is -2.52. The first kappa shape index (κ1) is 33.7. The molecule has 16 heteroatoms. The molecule has 0 spiro atoms. The largest absolute Gasteiger partial charge is 0.487 e. The molecule has 1 aromatic carbocycles. The van der Waals surface area contributed by atoms with Crippen LogP contribution in [0.5, 0.6) is 11.6 Å². The maximum Gasteiger partial charge on any atom is 0.256 e. The Hall–Kier alpha value is -3.79. The molecule has 2 bridgehead atoms. The summed E-state index contributed by atoms with van der Waals surface area (Å²) in [6.45, 7) is 4.16. The monoisotopic (exact) mass is 711 g/mol. The van der Waals surface area contributed by atoms with Gasteiger partial charge in [0.05, 0.1) is 42.8 Å². The van der Waals surface area contributed by atoms with Crippen molar-refractivity contribution in [1.29, 1.82) is 0 Å². The molecule has 4 aromatic rings. The summed E-state index contributed by atoms with van der Waals surface area (Å²) in [6.07, 6.45) is 16.2. The van der Waals surface area contributed by atoms with Gasteiger partial charge in [-0.05, 0) is 63.1 Å². The SMILES string of the molecule is C[C@@H](Cn1cncn1)Oc1cc(-c2cnc(Nc3cn([C@H]4CC[C@H](N5[C@@H]6CC[C@@H]5COC6)CC4)nc3OCCS(C)(=O)=O)nc2)ccc1Cl. The normalized spacial score (nSPS) is 23.3. The molecule has 3 atom stereocenters. The van der Waals surface area contributed by atoms with Gasteiger partial charge < -0.3 is 19.5 Å². The zero-order valence-electron chi connectivity index (χ0n) is 27.7. The topological polar surface area (TPSA) is 151 Å². The summed E-state index contributed by atoms with van der Waals surface area (Å²) in [5, 5.41) is 12.6. The van der Waals surface area contributed by atoms with Crippen LogP contribution in [0.15, 0.2) is 49.4 Å². The summed E-state index contributed by atoms with van der Waals surface area (Å²) in [4.78, 5) is 15.8. The number of sulfone groups is 1. The van der Waals surface area contributed by atoms with Crippen molar-refractivity contribution in [2.45, 2.75) is 82.3 Å². The van der Waals surface area contributed by atoms with Gasteiger partial charge in [-0.1, -0.05) is 17.7 Å². The Morgan fingerprint density at radius 1 is 1.02 bits per heavy atom. The minimum Gasteiger partial charge on any atom is -0.487 e. The molecule has 49 heavy (non-hydrogen) atoms. The first-order valence-electron chi connectivity index (χ1n) is 16.8. The summed E-state index contributed by atoms with van der Waals surface area (Å²) in [6, 6.07) is 7.44. The predicted molar refractivity (Wildman–Crippen MR) is 184 cm³/mol. The Kier molecular flexibility index (Phi) is 10.0. The number of aromatic nitrogens is 7. The molecule has 1 aliphatic carbocycles. The maximum atomic E-state index is 11.8. The fourth-order valence-electron chi connectivity index (χ4n) is 7.20. The van der Waals surface area contributed by atoms with Crippen molar-refractivity contribution in [3.63, 3.8) is 0 Å². The van der Waals surface area contributed by atoms with Crippen molar-refractivity contribution in [2.75, 3.05) is 37.1 Å². The van der Waals surface area contributed by atoms with E-state index >= 15 is 0 Å². The van der Waals surface area contributed by atoms with Gasteiger partial charge in [0, 0.05) is 42.3 Å². The molecule has 7 rings (SSSR count). The summed E-state index contributed by atoms with van der Waals surface area (Å²) in [5.74, 6) is 1.12. The summed E-state index contributed by atoms with van der Waals surface area (Å²) < 4.78 is 45.1. The molecular formula is C33H42ClN9O5S. The molecule has 3 aliphatic rings. The van der Waals surface area contributed by atoms with E-state index in [1.54, 1.807) is 29.5 Å². The molecule has 1 N–H and O–H groups in total. The third kappa shape index (κ3) is 8.17. The van der Waals surface area contributed by atoms with E-state index in [2.05, 4.69) is 30.3 Å². The number of hydrogen-bond acceptors (Lipinski definition) is 12. The number of ether oxygens (including phenoxy) is 3. The van der Waals surface area contributed by atoms with Crippen molar-refractivity contribution < 1.29 is 22.6 Å². The number of nitrogens with one attached hydrogen (secondary N) is 1. The van der Waals surface area contributed by atoms with Crippen molar-refractivity contribution in [1.82, 2.24) is 39.4 Å². The minimum absolute atomic E-state index is 0.00467. The van der Waals surface area contributed by atoms with Gasteiger partial charge in [-0.2, -0.15) is 5.10 Å². The predicted octanol–water partition coefficient (Wildman–Crippen LogP) is 4.57. The molecule has 3 aromatic heterocycles. The van der Waals surface area contributed by atoms with Crippen LogP contribution in [0.2, 0.25) is 5.02 Å². The molecular weight excluding hydrogens is 670 g/mol. The first-order chi connectivity index (χ1) is 23.7. The second kappa shape index (κ2) is 14.6. The molecule has 2 aliphatic heterocycles. The van der Waals surface area contributed by atoms with Crippen LogP contribution in [0.25, 0.3) is 11.1 Å². The summed E-state index contributed by atoms with van der Waals surface area (Å²) >= 11 is 6.45. The van der Waals surface area contributed by atoms with E-state index < -0.39 is 9.84 Å². The van der Waals surface area contributed by atoms with Gasteiger partial charge >= 0.3 is 0 Å². The number of nitrogens with zero attached hydrogens (tertiary/aromatic N) is 8. The highest BCUT2D eigenvalue weighted by Gasteiger charge is 2.42. The number of morpholine rings is 1. The van der Waals surface area contributed by atoms with Crippen molar-refractivity contribution in [2.24, 2.45) is 0 Å². The molecule has 0 unspecified atom stereocenters. The summed E-state index contributed by atoms with van der Waals surface area (Å²) in [7, 11) is -3.20. The van der Waals surface area contributed by atoms with Crippen LogP contribution in [0.3, 0.4) is 0 Å². The Labute approximate surface area is 291 Å². The van der Waals surface area contributed by atoms with E-state index in [1.807, 2.05) is 29.9 Å². The van der Waals surface area contributed by atoms with Gasteiger partial charge in [0.15, 0.2) is 9.84 Å². The summed E-state index contributed by atoms with van der Waals surface area (Å²) in [5.41, 5.74) is 2.21. The molecule has 1 saturated carbocycles. The second-order valence-corrected chi connectivity index (χ2v) is 15.9. The molecule has 5 heterocycles. The smallest absolute Gasteiger partial charge is 0.256 e. The van der Waals surface area contributed by atoms with Crippen molar-refractivity contribution >= 4 is 33.1 Å². The van der Waals surface area contributed by atoms with Gasteiger partial charge in [0.1, 0.15) is 36.8 Å². The first-order valence-corrected chi connectivity index (χ1v) is 19.3. The van der Waals surface area contributed by atoms with Crippen LogP contribution in [-0.2, 0) is 21.1 Å². The molecule has 0 amide bonds. The Balaban J connectivity index is 1.03. The minimum atomic E-state index is -3.20. The Morgan fingerprint density at radius 2 is 1.73 bits per heavy atom. The lowest BCUT2D eigenvalue weighted by molar-refractivity contribution is -0.0458. The van der Waals surface area contributed by atoms with Crippen LogP contribution in [-0.4, -0.2) is 104 Å². The quantitative estimate of drug-likeness (QED) is 0.207. The van der Waals surface area contributed by atoms with E-state index in [4.69, 9.17) is 30.9 Å². The average Bonchev–Trinajstić information content (AvgIpc) is 3.80. The molecule has 2 saturated heterocycles. The lowest BCUT2D eigenvalue weighted by Gasteiger charge is -2.43. The number of rotatable bonds is 13. The van der Waals surface area contributed by atoms with Crippen LogP contribution in [0.4, 0.5) is 11.6 Å². The van der Waals surface area contributed by atoms with Gasteiger partial charge in [-0.3, -0.25) is 9.58 Å². The number of hydrogen-bond donors (Lipinski definition) is 1. The second-order valence-electron chi connectivity index (χ2n) is 13.2. The molecule has 0 radical (unpaired) electrons. The number of halogens is 1. The highest BCUT2D eigenvalue weighted by molar-refractivity contribution is 7.90. The standard InChI is InChI=1S/C33H42ClN9O5S/c1-22(16-41-21-35-20-38-41)48-31-13-23(3-10-29(31)34)24-14-36-33(37-15-24)39-30-17-42(40-32(30)47-11-12-49(2,44)45)25-4-6-26(7-5-25)43-27-8-9-28(43)19-46-18-27/h3,10,13-15,17,20-22,25-28H,4-9,11-12,16,18-19H2,1-2H3,(H,36,37,39)/t22-,25-,26-,27+,28+/m0/s1. The Morgan fingerprint density at radius 3 is 2.43 bits per heavy atom.